The summed E-state index contributed by atoms with van der Waals surface area (Å²) in [6.45, 7) is 9.74. The third-order valence-corrected chi connectivity index (χ3v) is 9.84. The van der Waals surface area contributed by atoms with Gasteiger partial charge in [-0.3, -0.25) is 0 Å². The molecule has 8 atom stereocenters. The van der Waals surface area contributed by atoms with E-state index in [4.69, 9.17) is 35.0 Å². The van der Waals surface area contributed by atoms with Crippen LogP contribution < -0.4 is 0 Å². The highest BCUT2D eigenvalue weighted by atomic mass is 35.5. The molecule has 1 aliphatic carbocycles. The fourth-order valence-electron chi connectivity index (χ4n) is 7.48. The summed E-state index contributed by atoms with van der Waals surface area (Å²) in [5.41, 5.74) is -2.95. The van der Waals surface area contributed by atoms with Crippen LogP contribution in [0.25, 0.3) is 0 Å². The molecule has 3 fully saturated rings. The summed E-state index contributed by atoms with van der Waals surface area (Å²) in [6.07, 6.45) is 10.2. The number of furan rings is 1. The molecule has 2 spiro atoms. The highest BCUT2D eigenvalue weighted by Gasteiger charge is 2.85. The zero-order valence-electron chi connectivity index (χ0n) is 19.9. The lowest BCUT2D eigenvalue weighted by molar-refractivity contribution is -0.179. The van der Waals surface area contributed by atoms with Gasteiger partial charge in [-0.1, -0.05) is 43.7 Å². The minimum absolute atomic E-state index is 0.377. The molecule has 0 N–H and O–H groups in total. The van der Waals surface area contributed by atoms with Crippen LogP contribution in [0.4, 0.5) is 0 Å². The van der Waals surface area contributed by atoms with Crippen molar-refractivity contribution in [2.75, 3.05) is 0 Å². The van der Waals surface area contributed by atoms with E-state index in [2.05, 4.69) is 26.0 Å². The lowest BCUT2D eigenvalue weighted by Gasteiger charge is -2.54. The summed E-state index contributed by atoms with van der Waals surface area (Å²) >= 11 is 7.09. The van der Waals surface area contributed by atoms with Crippen LogP contribution in [0, 0.1) is 16.2 Å². The summed E-state index contributed by atoms with van der Waals surface area (Å²) in [5, 5.41) is -1.15. The van der Waals surface area contributed by atoms with E-state index in [0.717, 1.165) is 5.56 Å². The van der Waals surface area contributed by atoms with E-state index in [1.807, 2.05) is 32.9 Å². The molecule has 5 heterocycles. The van der Waals surface area contributed by atoms with Gasteiger partial charge in [0.05, 0.1) is 24.0 Å². The first-order valence-electron chi connectivity index (χ1n) is 11.7. The van der Waals surface area contributed by atoms with Gasteiger partial charge in [0.25, 0.3) is 0 Å². The molecule has 0 aromatic carbocycles. The molecule has 182 valence electrons. The Morgan fingerprint density at radius 3 is 2.47 bits per heavy atom. The molecule has 0 radical (unpaired) electrons. The van der Waals surface area contributed by atoms with E-state index in [9.17, 15) is 9.59 Å². The van der Waals surface area contributed by atoms with Gasteiger partial charge in [0, 0.05) is 22.5 Å². The van der Waals surface area contributed by atoms with Crippen LogP contribution in [-0.4, -0.2) is 40.4 Å². The first-order chi connectivity index (χ1) is 15.8. The number of ether oxygens (including phenoxy) is 4. The fraction of sp³-hybridized carbons (Fsp3) is 0.615. The number of rotatable bonds is 2. The third-order valence-electron chi connectivity index (χ3n) is 9.41. The maximum absolute atomic E-state index is 13.1. The Hall–Kier alpha value is -2.09. The number of halogens is 1. The number of cyclic esters (lactones) is 2. The van der Waals surface area contributed by atoms with Gasteiger partial charge < -0.3 is 23.4 Å². The lowest BCUT2D eigenvalue weighted by atomic mass is 9.50. The molecule has 3 saturated heterocycles. The Morgan fingerprint density at radius 2 is 1.79 bits per heavy atom. The normalized spacial score (nSPS) is 50.5. The molecule has 0 amide bonds. The molecule has 4 aliphatic heterocycles. The van der Waals surface area contributed by atoms with Crippen molar-refractivity contribution in [2.45, 2.75) is 82.0 Å². The number of alkyl halides is 1. The Balaban J connectivity index is 1.46. The van der Waals surface area contributed by atoms with Crippen molar-refractivity contribution >= 4 is 23.5 Å². The first kappa shape index (κ1) is 22.4. The Kier molecular flexibility index (Phi) is 4.19. The monoisotopic (exact) mass is 488 g/mol. The summed E-state index contributed by atoms with van der Waals surface area (Å²) in [4.78, 5) is 25.1. The van der Waals surface area contributed by atoms with Gasteiger partial charge in [-0.05, 0) is 39.7 Å². The Labute approximate surface area is 203 Å². The molecular formula is C26H29ClO7. The van der Waals surface area contributed by atoms with Gasteiger partial charge in [0.1, 0.15) is 17.3 Å². The minimum Gasteiger partial charge on any atom is -0.472 e. The predicted octanol–water partition coefficient (Wildman–Crippen LogP) is 4.61. The number of carbonyl (C=O) groups excluding carboxylic acids is 2. The second-order valence-corrected chi connectivity index (χ2v) is 12.1. The molecule has 0 bridgehead atoms. The second-order valence-electron chi connectivity index (χ2n) is 11.4. The lowest BCUT2D eigenvalue weighted by Crippen LogP contribution is -2.62. The first-order valence-corrected chi connectivity index (χ1v) is 12.1. The number of allylic oxidation sites excluding steroid dienone is 1. The fourth-order valence-corrected chi connectivity index (χ4v) is 7.95. The third kappa shape index (κ3) is 2.36. The molecule has 1 aromatic rings. The number of esters is 2. The van der Waals surface area contributed by atoms with E-state index in [-0.39, 0.29) is 5.97 Å². The maximum atomic E-state index is 13.1. The Bertz CT molecular complexity index is 1140. The van der Waals surface area contributed by atoms with Gasteiger partial charge >= 0.3 is 11.9 Å². The highest BCUT2D eigenvalue weighted by molar-refractivity contribution is 6.23. The van der Waals surface area contributed by atoms with Gasteiger partial charge in [0.15, 0.2) is 11.2 Å². The smallest absolute Gasteiger partial charge is 0.339 e. The van der Waals surface area contributed by atoms with Crippen LogP contribution in [0.15, 0.2) is 47.3 Å². The zero-order chi connectivity index (χ0) is 24.4. The van der Waals surface area contributed by atoms with Crippen LogP contribution in [-0.2, 0) is 28.5 Å². The van der Waals surface area contributed by atoms with Crippen molar-refractivity contribution in [2.24, 2.45) is 16.2 Å². The van der Waals surface area contributed by atoms with E-state index < -0.39 is 56.8 Å². The van der Waals surface area contributed by atoms with Crippen molar-refractivity contribution in [1.82, 2.24) is 0 Å². The number of hydrogen-bond acceptors (Lipinski definition) is 7. The van der Waals surface area contributed by atoms with Crippen molar-refractivity contribution in [3.05, 3.63) is 48.5 Å². The molecule has 6 rings (SSSR count). The predicted molar refractivity (Wildman–Crippen MR) is 121 cm³/mol. The summed E-state index contributed by atoms with van der Waals surface area (Å²) in [6, 6.07) is 1.83. The topological polar surface area (TPSA) is 87.5 Å². The summed E-state index contributed by atoms with van der Waals surface area (Å²) < 4.78 is 30.0. The molecule has 0 unspecified atom stereocenters. The van der Waals surface area contributed by atoms with Gasteiger partial charge in [-0.25, -0.2) is 9.59 Å². The van der Waals surface area contributed by atoms with Gasteiger partial charge in [-0.15, -0.1) is 0 Å². The van der Waals surface area contributed by atoms with Crippen LogP contribution in [0.2, 0.25) is 0 Å². The molecule has 5 aliphatic rings. The molecular weight excluding hydrogens is 460 g/mol. The molecule has 8 heteroatoms. The van der Waals surface area contributed by atoms with Crippen LogP contribution in [0.3, 0.4) is 0 Å². The largest absolute Gasteiger partial charge is 0.472 e. The van der Waals surface area contributed by atoms with Gasteiger partial charge in [0.2, 0.25) is 0 Å². The van der Waals surface area contributed by atoms with Crippen LogP contribution in [0.1, 0.15) is 59.1 Å². The van der Waals surface area contributed by atoms with E-state index in [0.29, 0.717) is 12.8 Å². The van der Waals surface area contributed by atoms with Crippen molar-refractivity contribution < 1.29 is 33.0 Å². The quantitative estimate of drug-likeness (QED) is 0.260. The van der Waals surface area contributed by atoms with Crippen molar-refractivity contribution in [3.8, 4) is 0 Å². The average Bonchev–Trinajstić information content (AvgIpc) is 3.18. The number of carbonyl (C=O) groups is 2. The summed E-state index contributed by atoms with van der Waals surface area (Å²) in [5.74, 6) is -0.775. The van der Waals surface area contributed by atoms with Gasteiger partial charge in [-0.2, -0.15) is 0 Å². The average molecular weight is 489 g/mol. The molecule has 0 saturated carbocycles. The molecule has 1 aromatic heterocycles. The summed E-state index contributed by atoms with van der Waals surface area (Å²) in [7, 11) is 0. The van der Waals surface area contributed by atoms with E-state index >= 15 is 0 Å². The van der Waals surface area contributed by atoms with Crippen LogP contribution in [0.5, 0.6) is 0 Å². The molecule has 34 heavy (non-hydrogen) atoms. The van der Waals surface area contributed by atoms with E-state index in [1.54, 1.807) is 12.5 Å². The second kappa shape index (κ2) is 6.37. The molecule has 7 nitrogen and oxygen atoms in total. The zero-order valence-corrected chi connectivity index (χ0v) is 20.7. The SMILES string of the molecule is CC1(C)OC(=O)C=C[C@@]12C[C@H]([C@]1(C)C=CC[C@@]3(C)[C@H](c4ccoc4)OC(=O)[C@@H]4O[C@@]413)O[C@]2(C)Cl. The number of hydrogen-bond donors (Lipinski definition) is 0. The maximum Gasteiger partial charge on any atom is 0.339 e. The number of epoxide rings is 1. The highest BCUT2D eigenvalue weighted by Crippen LogP contribution is 2.74. The minimum atomic E-state index is -1.15. The van der Waals surface area contributed by atoms with Crippen molar-refractivity contribution in [3.63, 3.8) is 0 Å². The standard InChI is InChI=1S/C26H29ClO7/c1-21(2)25(11-7-17(28)33-21)13-16(32-24(25,5)27)22(3)9-6-10-23(4)18(15-8-12-30-14-15)31-20(29)19-26(22,23)34-19/h6-9,11-12,14,16,18-19H,10,13H2,1-5H3/t16-,18+,19+,22+,23+,24+,25-,26+/m1/s1. The Morgan fingerprint density at radius 1 is 1.03 bits per heavy atom. The van der Waals surface area contributed by atoms with E-state index in [1.165, 1.54) is 6.08 Å². The van der Waals surface area contributed by atoms with Crippen molar-refractivity contribution in [1.29, 1.82) is 0 Å². The van der Waals surface area contributed by atoms with Crippen LogP contribution >= 0.6 is 11.6 Å².